The summed E-state index contributed by atoms with van der Waals surface area (Å²) >= 11 is 0. The Labute approximate surface area is 322 Å². The van der Waals surface area contributed by atoms with Gasteiger partial charge < -0.3 is 14.9 Å². The van der Waals surface area contributed by atoms with Crippen molar-refractivity contribution < 1.29 is 0 Å². The van der Waals surface area contributed by atoms with Crippen molar-refractivity contribution in [3.8, 4) is 27.9 Å². The molecule has 4 nitrogen and oxygen atoms in total. The van der Waals surface area contributed by atoms with Gasteiger partial charge in [0.2, 0.25) is 0 Å². The second-order valence-electron chi connectivity index (χ2n) is 14.7. The molecular weight excluding hydrogens is 669 g/mol. The van der Waals surface area contributed by atoms with Crippen LogP contribution < -0.4 is 5.73 Å². The molecule has 0 bridgehead atoms. The number of pyridine rings is 1. The number of benzene rings is 5. The van der Waals surface area contributed by atoms with Crippen LogP contribution >= 0.6 is 0 Å². The highest BCUT2D eigenvalue weighted by Crippen LogP contribution is 2.45. The van der Waals surface area contributed by atoms with E-state index in [1.54, 1.807) is 6.20 Å². The van der Waals surface area contributed by atoms with Crippen LogP contribution in [0.1, 0.15) is 43.0 Å². The third-order valence-corrected chi connectivity index (χ3v) is 11.5. The van der Waals surface area contributed by atoms with Gasteiger partial charge in [-0.1, -0.05) is 73.3 Å². The fourth-order valence-electron chi connectivity index (χ4n) is 8.70. The normalized spacial score (nSPS) is 13.7. The number of rotatable bonds is 7. The van der Waals surface area contributed by atoms with Gasteiger partial charge in [0, 0.05) is 33.4 Å². The van der Waals surface area contributed by atoms with Gasteiger partial charge in [0.25, 0.3) is 0 Å². The van der Waals surface area contributed by atoms with Gasteiger partial charge >= 0.3 is 0 Å². The number of aryl methyl sites for hydroxylation is 3. The van der Waals surface area contributed by atoms with E-state index in [2.05, 4.69) is 164 Å². The topological polar surface area (TPSA) is 48.8 Å². The van der Waals surface area contributed by atoms with E-state index >= 15 is 0 Å². The van der Waals surface area contributed by atoms with Crippen LogP contribution in [0, 0.1) is 6.92 Å². The summed E-state index contributed by atoms with van der Waals surface area (Å²) in [6.07, 6.45) is 17.6. The van der Waals surface area contributed by atoms with Gasteiger partial charge in [-0.25, -0.2) is 0 Å². The van der Waals surface area contributed by atoms with Crippen LogP contribution in [0.4, 0.5) is 0 Å². The maximum Gasteiger partial charge on any atom is 0.0674 e. The fraction of sp³-hybridized carbons (Fsp3) is 0.118. The van der Waals surface area contributed by atoms with Gasteiger partial charge in [-0.15, -0.1) is 0 Å². The Balaban J connectivity index is 1.33. The summed E-state index contributed by atoms with van der Waals surface area (Å²) in [6.45, 7) is 12.5. The first-order valence-corrected chi connectivity index (χ1v) is 19.1. The number of nitrogens with two attached hydrogens (primary N) is 1. The highest BCUT2D eigenvalue weighted by Gasteiger charge is 2.24. The molecule has 0 unspecified atom stereocenters. The largest absolute Gasteiger partial charge is 0.405 e. The molecule has 0 saturated heterocycles. The average Bonchev–Trinajstić information content (AvgIpc) is 3.70. The van der Waals surface area contributed by atoms with Crippen LogP contribution in [0.2, 0.25) is 0 Å². The van der Waals surface area contributed by atoms with Crippen molar-refractivity contribution in [2.24, 2.45) is 5.73 Å². The van der Waals surface area contributed by atoms with Crippen LogP contribution in [0.3, 0.4) is 0 Å². The van der Waals surface area contributed by atoms with Gasteiger partial charge in [0.05, 0.1) is 34.0 Å². The first-order chi connectivity index (χ1) is 26.9. The summed E-state index contributed by atoms with van der Waals surface area (Å²) < 4.78 is 4.84. The molecule has 268 valence electrons. The molecule has 3 aromatic heterocycles. The Morgan fingerprint density at radius 2 is 1.42 bits per heavy atom. The highest BCUT2D eigenvalue weighted by molar-refractivity contribution is 6.14. The molecule has 0 radical (unpaired) electrons. The van der Waals surface area contributed by atoms with Gasteiger partial charge in [-0.2, -0.15) is 0 Å². The van der Waals surface area contributed by atoms with E-state index in [1.165, 1.54) is 88.1 Å². The lowest BCUT2D eigenvalue weighted by atomic mass is 9.84. The number of fused-ring (bicyclic) bond motifs is 9. The van der Waals surface area contributed by atoms with Crippen molar-refractivity contribution in [1.29, 1.82) is 0 Å². The van der Waals surface area contributed by atoms with E-state index in [0.717, 1.165) is 35.4 Å². The van der Waals surface area contributed by atoms with Crippen molar-refractivity contribution >= 4 is 54.9 Å². The van der Waals surface area contributed by atoms with Crippen LogP contribution in [-0.2, 0) is 12.8 Å². The van der Waals surface area contributed by atoms with Crippen LogP contribution in [0.5, 0.6) is 0 Å². The SMILES string of the molecule is C=C/C=C(\C=C/C)c1ccc2c(c1)c1cc3c(cc1n2/C(C)=C(C)/C=C\N)-c1cc2c(cc1CC3)c1cc(-c3ccccc3)ccc1n2-c1cnccc1C. The zero-order valence-corrected chi connectivity index (χ0v) is 31.9. The summed E-state index contributed by atoms with van der Waals surface area (Å²) in [4.78, 5) is 4.60. The molecule has 0 amide bonds. The fourth-order valence-corrected chi connectivity index (χ4v) is 8.70. The Kier molecular flexibility index (Phi) is 8.47. The minimum Gasteiger partial charge on any atom is -0.405 e. The molecule has 1 aliphatic carbocycles. The maximum absolute atomic E-state index is 5.92. The van der Waals surface area contributed by atoms with Crippen molar-refractivity contribution in [2.45, 2.75) is 40.5 Å². The summed E-state index contributed by atoms with van der Waals surface area (Å²) in [6, 6.07) is 36.3. The molecule has 3 heterocycles. The first-order valence-electron chi connectivity index (χ1n) is 19.1. The second-order valence-corrected chi connectivity index (χ2v) is 14.7. The lowest BCUT2D eigenvalue weighted by Gasteiger charge is -2.22. The van der Waals surface area contributed by atoms with Gasteiger partial charge in [-0.3, -0.25) is 4.98 Å². The third kappa shape index (κ3) is 5.56. The molecule has 0 atom stereocenters. The Hall–Kier alpha value is -6.65. The monoisotopic (exact) mass is 712 g/mol. The van der Waals surface area contributed by atoms with Crippen molar-refractivity contribution in [2.75, 3.05) is 0 Å². The predicted molar refractivity (Wildman–Crippen MR) is 235 cm³/mol. The molecule has 4 heteroatoms. The minimum atomic E-state index is 0.982. The van der Waals surface area contributed by atoms with Crippen LogP contribution in [0.25, 0.3) is 82.8 Å². The van der Waals surface area contributed by atoms with Gasteiger partial charge in [0.15, 0.2) is 0 Å². The van der Waals surface area contributed by atoms with Crippen molar-refractivity contribution in [3.63, 3.8) is 0 Å². The van der Waals surface area contributed by atoms with E-state index in [9.17, 15) is 0 Å². The molecule has 0 fully saturated rings. The Bertz CT molecular complexity index is 2980. The third-order valence-electron chi connectivity index (χ3n) is 11.5. The zero-order chi connectivity index (χ0) is 37.8. The van der Waals surface area contributed by atoms with E-state index in [4.69, 9.17) is 5.73 Å². The quantitative estimate of drug-likeness (QED) is 0.167. The molecule has 2 N–H and O–H groups in total. The molecule has 55 heavy (non-hydrogen) atoms. The number of aromatic nitrogens is 3. The Morgan fingerprint density at radius 3 is 2.13 bits per heavy atom. The van der Waals surface area contributed by atoms with Gasteiger partial charge in [-0.05, 0) is 163 Å². The molecule has 5 aromatic carbocycles. The standard InChI is InChI=1S/C51H44N4/c1-6-11-35(12-7-2)37-17-19-47-43(25-37)45-27-39-15-16-40-28-46-44-26-38(36-13-9-8-10-14-36)18-20-48(44)55(51-31-53-24-22-33(51)4)50(46)30-42(40)41(39)29-49(45)54(47)34(5)32(3)21-23-52/h6-14,17-31H,1,15-16,52H2,2-5H3/b12-7-,23-21-,34-32+,35-11+. The van der Waals surface area contributed by atoms with Crippen molar-refractivity contribution in [3.05, 3.63) is 180 Å². The minimum absolute atomic E-state index is 0.982. The number of hydrogen-bond donors (Lipinski definition) is 1. The number of nitrogens with zero attached hydrogens (tertiary/aromatic N) is 3. The molecule has 8 aromatic rings. The molecule has 0 saturated carbocycles. The molecule has 9 rings (SSSR count). The molecule has 0 aliphatic heterocycles. The highest BCUT2D eigenvalue weighted by atomic mass is 15.0. The molecule has 1 aliphatic rings. The maximum atomic E-state index is 5.92. The lowest BCUT2D eigenvalue weighted by molar-refractivity contribution is 0.946. The summed E-state index contributed by atoms with van der Waals surface area (Å²) in [5, 5.41) is 5.03. The molecular formula is C51H44N4. The number of hydrogen-bond acceptors (Lipinski definition) is 2. The summed E-state index contributed by atoms with van der Waals surface area (Å²) in [5.41, 5.74) is 25.4. The van der Waals surface area contributed by atoms with Crippen LogP contribution in [0.15, 0.2) is 158 Å². The van der Waals surface area contributed by atoms with E-state index in [-0.39, 0.29) is 0 Å². The number of allylic oxidation sites excluding steroid dienone is 8. The zero-order valence-electron chi connectivity index (χ0n) is 31.9. The average molecular weight is 713 g/mol. The van der Waals surface area contributed by atoms with E-state index < -0.39 is 0 Å². The first kappa shape index (κ1) is 34.1. The second kappa shape index (κ2) is 13.6. The summed E-state index contributed by atoms with van der Waals surface area (Å²) in [5.74, 6) is 0. The smallest absolute Gasteiger partial charge is 0.0674 e. The van der Waals surface area contributed by atoms with Crippen LogP contribution in [-0.4, -0.2) is 14.1 Å². The van der Waals surface area contributed by atoms with Crippen molar-refractivity contribution in [1.82, 2.24) is 14.1 Å². The predicted octanol–water partition coefficient (Wildman–Crippen LogP) is 12.9. The summed E-state index contributed by atoms with van der Waals surface area (Å²) in [7, 11) is 0. The van der Waals surface area contributed by atoms with Gasteiger partial charge in [0.1, 0.15) is 0 Å². The van der Waals surface area contributed by atoms with E-state index in [0.29, 0.717) is 0 Å². The van der Waals surface area contributed by atoms with E-state index in [1.807, 2.05) is 24.5 Å². The lowest BCUT2D eigenvalue weighted by Crippen LogP contribution is -2.05. The molecule has 0 spiro atoms. The Morgan fingerprint density at radius 1 is 0.727 bits per heavy atom.